The highest BCUT2D eigenvalue weighted by atomic mass is 16.5. The van der Waals surface area contributed by atoms with Crippen molar-refractivity contribution in [2.45, 2.75) is 33.6 Å². The van der Waals surface area contributed by atoms with Crippen LogP contribution in [0.25, 0.3) is 0 Å². The molecule has 128 valence electrons. The van der Waals surface area contributed by atoms with Crippen LogP contribution in [0.5, 0.6) is 11.5 Å². The van der Waals surface area contributed by atoms with Gasteiger partial charge in [-0.1, -0.05) is 6.92 Å². The summed E-state index contributed by atoms with van der Waals surface area (Å²) in [6, 6.07) is 5.34. The number of nitrogens with one attached hydrogen (secondary N) is 2. The van der Waals surface area contributed by atoms with E-state index < -0.39 is 0 Å². The molecule has 2 rings (SSSR count). The summed E-state index contributed by atoms with van der Waals surface area (Å²) in [6.07, 6.45) is 2.29. The maximum Gasteiger partial charge on any atom is 0.251 e. The second-order valence-corrected chi connectivity index (χ2v) is 6.30. The molecule has 1 atom stereocenters. The van der Waals surface area contributed by atoms with Gasteiger partial charge in [-0.3, -0.25) is 4.79 Å². The van der Waals surface area contributed by atoms with Crippen molar-refractivity contribution in [3.8, 4) is 11.5 Å². The van der Waals surface area contributed by atoms with Crippen molar-refractivity contribution in [1.82, 2.24) is 10.6 Å². The van der Waals surface area contributed by atoms with Gasteiger partial charge in [-0.25, -0.2) is 0 Å². The molecule has 1 heterocycles. The van der Waals surface area contributed by atoms with Gasteiger partial charge >= 0.3 is 0 Å². The van der Waals surface area contributed by atoms with Crippen molar-refractivity contribution < 1.29 is 14.3 Å². The Hall–Kier alpha value is -1.75. The summed E-state index contributed by atoms with van der Waals surface area (Å²) >= 11 is 0. The molecule has 1 saturated heterocycles. The zero-order valence-electron chi connectivity index (χ0n) is 14.4. The van der Waals surface area contributed by atoms with Crippen LogP contribution >= 0.6 is 0 Å². The maximum atomic E-state index is 12.4. The Morgan fingerprint density at radius 3 is 2.65 bits per heavy atom. The molecule has 2 N–H and O–H groups in total. The van der Waals surface area contributed by atoms with Crippen LogP contribution in [0.2, 0.25) is 0 Å². The smallest absolute Gasteiger partial charge is 0.251 e. The largest absolute Gasteiger partial charge is 0.490 e. The van der Waals surface area contributed by atoms with Crippen molar-refractivity contribution in [2.24, 2.45) is 5.41 Å². The van der Waals surface area contributed by atoms with Crippen LogP contribution in [0.3, 0.4) is 0 Å². The third-order valence-electron chi connectivity index (χ3n) is 4.17. The zero-order valence-corrected chi connectivity index (χ0v) is 14.4. The first-order valence-corrected chi connectivity index (χ1v) is 8.46. The Morgan fingerprint density at radius 1 is 1.26 bits per heavy atom. The lowest BCUT2D eigenvalue weighted by molar-refractivity contribution is 0.0924. The van der Waals surface area contributed by atoms with Crippen LogP contribution in [0.4, 0.5) is 0 Å². The predicted molar refractivity (Wildman–Crippen MR) is 91.3 cm³/mol. The number of hydrogen-bond acceptors (Lipinski definition) is 4. The van der Waals surface area contributed by atoms with Gasteiger partial charge in [0, 0.05) is 18.7 Å². The van der Waals surface area contributed by atoms with Crippen LogP contribution in [0.15, 0.2) is 18.2 Å². The van der Waals surface area contributed by atoms with E-state index in [1.54, 1.807) is 18.2 Å². The van der Waals surface area contributed by atoms with Gasteiger partial charge in [0.05, 0.1) is 13.2 Å². The Labute approximate surface area is 138 Å². The van der Waals surface area contributed by atoms with Crippen LogP contribution in [-0.4, -0.2) is 38.8 Å². The monoisotopic (exact) mass is 320 g/mol. The SMILES string of the molecule is CCOc1ccc(C(=O)NCC2(C)CCCNC2)cc1OCC. The highest BCUT2D eigenvalue weighted by molar-refractivity contribution is 5.94. The third-order valence-corrected chi connectivity index (χ3v) is 4.17. The summed E-state index contributed by atoms with van der Waals surface area (Å²) < 4.78 is 11.1. The van der Waals surface area contributed by atoms with Gasteiger partial charge in [0.25, 0.3) is 5.91 Å². The van der Waals surface area contributed by atoms with Crippen LogP contribution in [0.1, 0.15) is 44.0 Å². The topological polar surface area (TPSA) is 59.6 Å². The molecule has 0 saturated carbocycles. The van der Waals surface area contributed by atoms with Crippen molar-refractivity contribution in [3.63, 3.8) is 0 Å². The fraction of sp³-hybridized carbons (Fsp3) is 0.611. The summed E-state index contributed by atoms with van der Waals surface area (Å²) in [5.74, 6) is 1.22. The molecule has 5 nitrogen and oxygen atoms in total. The Kier molecular flexibility index (Phi) is 6.28. The van der Waals surface area contributed by atoms with Crippen LogP contribution in [-0.2, 0) is 0 Å². The van der Waals surface area contributed by atoms with Crippen LogP contribution < -0.4 is 20.1 Å². The number of benzene rings is 1. The van der Waals surface area contributed by atoms with E-state index in [-0.39, 0.29) is 11.3 Å². The lowest BCUT2D eigenvalue weighted by Gasteiger charge is -2.34. The minimum absolute atomic E-state index is 0.0687. The Bertz CT molecular complexity index is 525. The van der Waals surface area contributed by atoms with Gasteiger partial charge in [-0.15, -0.1) is 0 Å². The standard InChI is InChI=1S/C18H28N2O3/c1-4-22-15-8-7-14(11-16(15)23-5-2)17(21)20-13-18(3)9-6-10-19-12-18/h7-8,11,19H,4-6,9-10,12-13H2,1-3H3,(H,20,21). The summed E-state index contributed by atoms with van der Waals surface area (Å²) in [5.41, 5.74) is 0.728. The predicted octanol–water partition coefficient (Wildman–Crippen LogP) is 2.60. The fourth-order valence-electron chi connectivity index (χ4n) is 2.86. The minimum atomic E-state index is -0.0687. The normalized spacial score (nSPS) is 20.8. The van der Waals surface area contributed by atoms with E-state index in [0.29, 0.717) is 36.8 Å². The van der Waals surface area contributed by atoms with Gasteiger partial charge in [0.2, 0.25) is 0 Å². The molecule has 1 fully saturated rings. The van der Waals surface area contributed by atoms with E-state index >= 15 is 0 Å². The number of amides is 1. The molecule has 0 aliphatic carbocycles. The van der Waals surface area contributed by atoms with Crippen LogP contribution in [0, 0.1) is 5.41 Å². The van der Waals surface area contributed by atoms with Gasteiger partial charge in [0.1, 0.15) is 0 Å². The minimum Gasteiger partial charge on any atom is -0.490 e. The molecule has 0 radical (unpaired) electrons. The second-order valence-electron chi connectivity index (χ2n) is 6.30. The van der Waals surface area contributed by atoms with E-state index in [2.05, 4.69) is 17.6 Å². The summed E-state index contributed by atoms with van der Waals surface area (Å²) in [7, 11) is 0. The molecule has 23 heavy (non-hydrogen) atoms. The Balaban J connectivity index is 2.02. The molecule has 1 amide bonds. The summed E-state index contributed by atoms with van der Waals surface area (Å²) in [5, 5.41) is 6.45. The molecule has 5 heteroatoms. The van der Waals surface area contributed by atoms with E-state index in [4.69, 9.17) is 9.47 Å². The van der Waals surface area contributed by atoms with E-state index in [0.717, 1.165) is 25.9 Å². The van der Waals surface area contributed by atoms with Crippen molar-refractivity contribution in [3.05, 3.63) is 23.8 Å². The molecule has 1 aliphatic rings. The average molecular weight is 320 g/mol. The highest BCUT2D eigenvalue weighted by Gasteiger charge is 2.27. The summed E-state index contributed by atoms with van der Waals surface area (Å²) in [4.78, 5) is 12.4. The second kappa shape index (κ2) is 8.20. The van der Waals surface area contributed by atoms with E-state index in [1.165, 1.54) is 0 Å². The van der Waals surface area contributed by atoms with Crippen molar-refractivity contribution >= 4 is 5.91 Å². The van der Waals surface area contributed by atoms with E-state index in [1.807, 2.05) is 13.8 Å². The Morgan fingerprint density at radius 2 is 2.00 bits per heavy atom. The molecule has 1 aliphatic heterocycles. The number of ether oxygens (including phenoxy) is 2. The lowest BCUT2D eigenvalue weighted by Crippen LogP contribution is -2.45. The zero-order chi connectivity index (χ0) is 16.7. The third kappa shape index (κ3) is 4.86. The first-order valence-electron chi connectivity index (χ1n) is 8.46. The first kappa shape index (κ1) is 17.6. The molecular formula is C18H28N2O3. The molecular weight excluding hydrogens is 292 g/mol. The van der Waals surface area contributed by atoms with Crippen molar-refractivity contribution in [2.75, 3.05) is 32.8 Å². The van der Waals surface area contributed by atoms with Gasteiger partial charge in [-0.05, 0) is 56.8 Å². The maximum absolute atomic E-state index is 12.4. The first-order chi connectivity index (χ1) is 11.1. The van der Waals surface area contributed by atoms with E-state index in [9.17, 15) is 4.79 Å². The average Bonchev–Trinajstić information content (AvgIpc) is 2.55. The number of piperidine rings is 1. The highest BCUT2D eigenvalue weighted by Crippen LogP contribution is 2.29. The van der Waals surface area contributed by atoms with Gasteiger partial charge < -0.3 is 20.1 Å². The number of carbonyl (C=O) groups excluding carboxylic acids is 1. The molecule has 0 aromatic heterocycles. The quantitative estimate of drug-likeness (QED) is 0.811. The summed E-state index contributed by atoms with van der Waals surface area (Å²) in [6.45, 7) is 9.85. The molecule has 1 aromatic carbocycles. The van der Waals surface area contributed by atoms with Crippen molar-refractivity contribution in [1.29, 1.82) is 0 Å². The van der Waals surface area contributed by atoms with Gasteiger partial charge in [-0.2, -0.15) is 0 Å². The molecule has 0 spiro atoms. The molecule has 1 aromatic rings. The number of carbonyl (C=O) groups is 1. The molecule has 1 unspecified atom stereocenters. The lowest BCUT2D eigenvalue weighted by atomic mass is 9.83. The number of rotatable bonds is 7. The molecule has 0 bridgehead atoms. The number of hydrogen-bond donors (Lipinski definition) is 2. The van der Waals surface area contributed by atoms with Gasteiger partial charge in [0.15, 0.2) is 11.5 Å². The fourth-order valence-corrected chi connectivity index (χ4v) is 2.86.